The summed E-state index contributed by atoms with van der Waals surface area (Å²) in [6.45, 7) is 4.21. The van der Waals surface area contributed by atoms with Gasteiger partial charge in [0, 0.05) is 19.2 Å². The van der Waals surface area contributed by atoms with E-state index in [9.17, 15) is 4.39 Å². The molecule has 0 heterocycles. The van der Waals surface area contributed by atoms with Gasteiger partial charge in [-0.05, 0) is 35.3 Å². The molecule has 0 aliphatic carbocycles. The van der Waals surface area contributed by atoms with Crippen LogP contribution in [-0.4, -0.2) is 13.1 Å². The van der Waals surface area contributed by atoms with Crippen molar-refractivity contribution in [3.63, 3.8) is 0 Å². The standard InChI is InChI=1S/C11H16BrFN2/c1-4-7(2)15(3)11-5-8(12)9(13)6-10(11)14/h5-7H,4,14H2,1-3H3. The van der Waals surface area contributed by atoms with Gasteiger partial charge >= 0.3 is 0 Å². The second kappa shape index (κ2) is 4.84. The third-order valence-corrected chi connectivity index (χ3v) is 3.31. The van der Waals surface area contributed by atoms with E-state index in [2.05, 4.69) is 34.7 Å². The molecule has 0 radical (unpaired) electrons. The Kier molecular flexibility index (Phi) is 3.97. The zero-order valence-electron chi connectivity index (χ0n) is 9.22. The van der Waals surface area contributed by atoms with E-state index in [-0.39, 0.29) is 5.82 Å². The van der Waals surface area contributed by atoms with E-state index >= 15 is 0 Å². The van der Waals surface area contributed by atoms with Crippen LogP contribution in [-0.2, 0) is 0 Å². The van der Waals surface area contributed by atoms with Crippen LogP contribution >= 0.6 is 15.9 Å². The monoisotopic (exact) mass is 274 g/mol. The second-order valence-electron chi connectivity index (χ2n) is 3.69. The molecule has 1 rings (SSSR count). The first-order valence-corrected chi connectivity index (χ1v) is 5.74. The van der Waals surface area contributed by atoms with Crippen molar-refractivity contribution in [3.8, 4) is 0 Å². The molecule has 1 unspecified atom stereocenters. The molecule has 2 N–H and O–H groups in total. The Morgan fingerprint density at radius 3 is 2.67 bits per heavy atom. The lowest BCUT2D eigenvalue weighted by Gasteiger charge is -2.27. The highest BCUT2D eigenvalue weighted by Crippen LogP contribution is 2.30. The maximum atomic E-state index is 13.2. The molecule has 0 saturated heterocycles. The van der Waals surface area contributed by atoms with Crippen LogP contribution in [0.5, 0.6) is 0 Å². The number of halogens is 2. The number of benzene rings is 1. The minimum absolute atomic E-state index is 0.325. The topological polar surface area (TPSA) is 29.3 Å². The molecule has 0 amide bonds. The lowest BCUT2D eigenvalue weighted by atomic mass is 10.2. The Labute approximate surface area is 98.4 Å². The maximum absolute atomic E-state index is 13.2. The highest BCUT2D eigenvalue weighted by molar-refractivity contribution is 9.10. The molecular formula is C11H16BrFN2. The fraction of sp³-hybridized carbons (Fsp3) is 0.455. The molecule has 1 aromatic rings. The van der Waals surface area contributed by atoms with Crippen LogP contribution in [0.3, 0.4) is 0 Å². The Bertz CT molecular complexity index is 355. The summed E-state index contributed by atoms with van der Waals surface area (Å²) in [4.78, 5) is 2.06. The summed E-state index contributed by atoms with van der Waals surface area (Å²) in [6, 6.07) is 3.44. The highest BCUT2D eigenvalue weighted by atomic mass is 79.9. The van der Waals surface area contributed by atoms with Crippen molar-refractivity contribution in [2.24, 2.45) is 0 Å². The quantitative estimate of drug-likeness (QED) is 0.856. The summed E-state index contributed by atoms with van der Waals surface area (Å²) < 4.78 is 13.6. The molecule has 0 saturated carbocycles. The SMILES string of the molecule is CCC(C)N(C)c1cc(Br)c(F)cc1N. The van der Waals surface area contributed by atoms with Crippen LogP contribution in [0.25, 0.3) is 0 Å². The summed E-state index contributed by atoms with van der Waals surface area (Å²) in [5.41, 5.74) is 7.11. The summed E-state index contributed by atoms with van der Waals surface area (Å²) in [7, 11) is 1.96. The summed E-state index contributed by atoms with van der Waals surface area (Å²) in [5, 5.41) is 0. The predicted octanol–water partition coefficient (Wildman–Crippen LogP) is 3.41. The van der Waals surface area contributed by atoms with E-state index in [1.54, 1.807) is 6.07 Å². The molecule has 0 spiro atoms. The largest absolute Gasteiger partial charge is 0.397 e. The molecule has 0 aliphatic rings. The molecule has 0 aliphatic heterocycles. The van der Waals surface area contributed by atoms with E-state index in [0.717, 1.165) is 12.1 Å². The molecule has 1 atom stereocenters. The molecule has 1 aromatic carbocycles. The Hall–Kier alpha value is -0.770. The van der Waals surface area contributed by atoms with Gasteiger partial charge in [-0.25, -0.2) is 4.39 Å². The molecule has 15 heavy (non-hydrogen) atoms. The smallest absolute Gasteiger partial charge is 0.139 e. The minimum Gasteiger partial charge on any atom is -0.397 e. The molecule has 2 nitrogen and oxygen atoms in total. The average Bonchev–Trinajstić information content (AvgIpc) is 2.21. The van der Waals surface area contributed by atoms with Crippen LogP contribution in [0.15, 0.2) is 16.6 Å². The molecule has 0 aromatic heterocycles. The van der Waals surface area contributed by atoms with E-state index in [4.69, 9.17) is 5.73 Å². The fourth-order valence-corrected chi connectivity index (χ4v) is 1.70. The number of nitrogen functional groups attached to an aromatic ring is 1. The van der Waals surface area contributed by atoms with Crippen molar-refractivity contribution in [3.05, 3.63) is 22.4 Å². The van der Waals surface area contributed by atoms with Crippen molar-refractivity contribution in [2.45, 2.75) is 26.3 Å². The highest BCUT2D eigenvalue weighted by Gasteiger charge is 2.13. The number of nitrogens with two attached hydrogens (primary N) is 1. The fourth-order valence-electron chi connectivity index (χ4n) is 1.37. The Morgan fingerprint density at radius 1 is 1.53 bits per heavy atom. The first-order valence-electron chi connectivity index (χ1n) is 4.94. The van der Waals surface area contributed by atoms with Crippen molar-refractivity contribution in [1.29, 1.82) is 0 Å². The average molecular weight is 275 g/mol. The van der Waals surface area contributed by atoms with Crippen molar-refractivity contribution >= 4 is 27.3 Å². The van der Waals surface area contributed by atoms with Gasteiger partial charge in [-0.3, -0.25) is 0 Å². The predicted molar refractivity (Wildman–Crippen MR) is 66.7 cm³/mol. The van der Waals surface area contributed by atoms with E-state index < -0.39 is 0 Å². The zero-order valence-corrected chi connectivity index (χ0v) is 10.8. The van der Waals surface area contributed by atoms with E-state index in [1.807, 2.05) is 7.05 Å². The summed E-state index contributed by atoms with van der Waals surface area (Å²) in [6.07, 6.45) is 1.02. The van der Waals surface area contributed by atoms with Gasteiger partial charge in [-0.2, -0.15) is 0 Å². The number of hydrogen-bond acceptors (Lipinski definition) is 2. The van der Waals surface area contributed by atoms with Crippen molar-refractivity contribution in [2.75, 3.05) is 17.7 Å². The maximum Gasteiger partial charge on any atom is 0.139 e. The summed E-state index contributed by atoms with van der Waals surface area (Å²) in [5.74, 6) is -0.325. The van der Waals surface area contributed by atoms with Gasteiger partial charge < -0.3 is 10.6 Å². The van der Waals surface area contributed by atoms with Crippen LogP contribution < -0.4 is 10.6 Å². The van der Waals surface area contributed by atoms with Crippen LogP contribution in [0, 0.1) is 5.82 Å². The third kappa shape index (κ3) is 2.62. The van der Waals surface area contributed by atoms with Crippen LogP contribution in [0.1, 0.15) is 20.3 Å². The first kappa shape index (κ1) is 12.3. The Balaban J connectivity index is 3.09. The van der Waals surface area contributed by atoms with Gasteiger partial charge in [0.2, 0.25) is 0 Å². The minimum atomic E-state index is -0.325. The first-order chi connectivity index (χ1) is 6.97. The van der Waals surface area contributed by atoms with Gasteiger partial charge in [0.1, 0.15) is 5.82 Å². The zero-order chi connectivity index (χ0) is 11.6. The van der Waals surface area contributed by atoms with Crippen LogP contribution in [0.2, 0.25) is 0 Å². The molecule has 0 fully saturated rings. The molecule has 0 bridgehead atoms. The molecular weight excluding hydrogens is 259 g/mol. The van der Waals surface area contributed by atoms with Gasteiger partial charge in [0.25, 0.3) is 0 Å². The van der Waals surface area contributed by atoms with Crippen LogP contribution in [0.4, 0.5) is 15.8 Å². The van der Waals surface area contributed by atoms with Crippen molar-refractivity contribution < 1.29 is 4.39 Å². The number of hydrogen-bond donors (Lipinski definition) is 1. The molecule has 4 heteroatoms. The lowest BCUT2D eigenvalue weighted by molar-refractivity contribution is 0.619. The number of anilines is 2. The lowest BCUT2D eigenvalue weighted by Crippen LogP contribution is -2.28. The third-order valence-electron chi connectivity index (χ3n) is 2.70. The van der Waals surface area contributed by atoms with E-state index in [0.29, 0.717) is 16.2 Å². The Morgan fingerprint density at radius 2 is 2.13 bits per heavy atom. The van der Waals surface area contributed by atoms with Gasteiger partial charge in [0.15, 0.2) is 0 Å². The number of rotatable bonds is 3. The molecule has 84 valence electrons. The number of nitrogens with zero attached hydrogens (tertiary/aromatic N) is 1. The van der Waals surface area contributed by atoms with Gasteiger partial charge in [-0.1, -0.05) is 6.92 Å². The normalized spacial score (nSPS) is 12.6. The summed E-state index contributed by atoms with van der Waals surface area (Å²) >= 11 is 3.16. The van der Waals surface area contributed by atoms with E-state index in [1.165, 1.54) is 6.07 Å². The van der Waals surface area contributed by atoms with Gasteiger partial charge in [0.05, 0.1) is 15.8 Å². The van der Waals surface area contributed by atoms with Gasteiger partial charge in [-0.15, -0.1) is 0 Å². The second-order valence-corrected chi connectivity index (χ2v) is 4.55. The van der Waals surface area contributed by atoms with Crippen molar-refractivity contribution in [1.82, 2.24) is 0 Å².